The summed E-state index contributed by atoms with van der Waals surface area (Å²) in [5.74, 6) is 0.306. The van der Waals surface area contributed by atoms with Crippen LogP contribution in [0.25, 0.3) is 0 Å². The van der Waals surface area contributed by atoms with Gasteiger partial charge in [-0.25, -0.2) is 8.42 Å². The molecule has 7 heteroatoms. The highest BCUT2D eigenvalue weighted by Gasteiger charge is 2.27. The van der Waals surface area contributed by atoms with E-state index in [1.54, 1.807) is 26.2 Å². The van der Waals surface area contributed by atoms with Crippen LogP contribution in [0.1, 0.15) is 37.8 Å². The van der Waals surface area contributed by atoms with Gasteiger partial charge >= 0.3 is 0 Å². The minimum absolute atomic E-state index is 0.00277. The zero-order chi connectivity index (χ0) is 21.4. The van der Waals surface area contributed by atoms with Gasteiger partial charge in [0.1, 0.15) is 5.75 Å². The summed E-state index contributed by atoms with van der Waals surface area (Å²) >= 11 is 0. The number of hydrogen-bond acceptors (Lipinski definition) is 4. The van der Waals surface area contributed by atoms with Gasteiger partial charge in [0.15, 0.2) is 0 Å². The number of carbonyl (C=O) groups excluding carboxylic acids is 1. The molecule has 0 aromatic heterocycles. The second-order valence-electron chi connectivity index (χ2n) is 7.15. The molecule has 1 atom stereocenters. The molecule has 0 aliphatic rings. The number of ether oxygens (including phenoxy) is 1. The quantitative estimate of drug-likeness (QED) is 0.641. The summed E-state index contributed by atoms with van der Waals surface area (Å²) in [5, 5.41) is 2.89. The minimum Gasteiger partial charge on any atom is -0.496 e. The predicted octanol–water partition coefficient (Wildman–Crippen LogP) is 3.50. The Labute approximate surface area is 173 Å². The van der Waals surface area contributed by atoms with E-state index in [0.29, 0.717) is 11.3 Å². The number of nitrogens with zero attached hydrogens (tertiary/aromatic N) is 1. The third-order valence-electron chi connectivity index (χ3n) is 4.65. The first kappa shape index (κ1) is 22.9. The fourth-order valence-corrected chi connectivity index (χ4v) is 4.63. The van der Waals surface area contributed by atoms with Crippen molar-refractivity contribution in [2.75, 3.05) is 13.7 Å². The molecule has 0 radical (unpaired) electrons. The maximum Gasteiger partial charge on any atom is 0.243 e. The van der Waals surface area contributed by atoms with E-state index in [0.717, 1.165) is 18.4 Å². The van der Waals surface area contributed by atoms with Crippen molar-refractivity contribution in [2.24, 2.45) is 0 Å². The molecule has 2 aromatic rings. The maximum absolute atomic E-state index is 13.3. The number of aryl methyl sites for hydroxylation is 1. The zero-order valence-corrected chi connectivity index (χ0v) is 18.3. The molecule has 0 unspecified atom stereocenters. The zero-order valence-electron chi connectivity index (χ0n) is 17.5. The first-order chi connectivity index (χ1) is 13.8. The molecule has 1 amide bonds. The Kier molecular flexibility index (Phi) is 8.22. The summed E-state index contributed by atoms with van der Waals surface area (Å²) in [6, 6.07) is 14.0. The van der Waals surface area contributed by atoms with E-state index in [1.807, 2.05) is 44.2 Å². The summed E-state index contributed by atoms with van der Waals surface area (Å²) in [6.45, 7) is 5.63. The Morgan fingerprint density at radius 1 is 1.17 bits per heavy atom. The Morgan fingerprint density at radius 3 is 2.45 bits per heavy atom. The minimum atomic E-state index is -3.87. The summed E-state index contributed by atoms with van der Waals surface area (Å²) in [6.07, 6.45) is 1.79. The van der Waals surface area contributed by atoms with Gasteiger partial charge in [0.05, 0.1) is 18.6 Å². The van der Waals surface area contributed by atoms with Crippen LogP contribution in [-0.4, -0.2) is 38.3 Å². The van der Waals surface area contributed by atoms with Crippen molar-refractivity contribution < 1.29 is 17.9 Å². The average Bonchev–Trinajstić information content (AvgIpc) is 2.68. The normalized spacial score (nSPS) is 12.6. The predicted molar refractivity (Wildman–Crippen MR) is 114 cm³/mol. The number of benzene rings is 2. The lowest BCUT2D eigenvalue weighted by Crippen LogP contribution is -2.43. The van der Waals surface area contributed by atoms with Gasteiger partial charge in [-0.05, 0) is 49.6 Å². The first-order valence-corrected chi connectivity index (χ1v) is 11.2. The van der Waals surface area contributed by atoms with Crippen LogP contribution in [0.3, 0.4) is 0 Å². The van der Waals surface area contributed by atoms with Gasteiger partial charge in [-0.2, -0.15) is 4.31 Å². The molecule has 0 spiro atoms. The van der Waals surface area contributed by atoms with Crippen LogP contribution in [0.15, 0.2) is 53.4 Å². The molecule has 0 bridgehead atoms. The monoisotopic (exact) mass is 418 g/mol. The molecule has 29 heavy (non-hydrogen) atoms. The molecule has 0 aliphatic carbocycles. The van der Waals surface area contributed by atoms with Crippen LogP contribution in [0, 0.1) is 6.92 Å². The van der Waals surface area contributed by atoms with Crippen LogP contribution in [0.4, 0.5) is 0 Å². The van der Waals surface area contributed by atoms with Gasteiger partial charge in [0.25, 0.3) is 0 Å². The molecule has 0 saturated carbocycles. The van der Waals surface area contributed by atoms with Crippen molar-refractivity contribution in [1.82, 2.24) is 9.62 Å². The second kappa shape index (κ2) is 10.4. The van der Waals surface area contributed by atoms with Crippen molar-refractivity contribution in [3.05, 3.63) is 59.7 Å². The van der Waals surface area contributed by atoms with Crippen molar-refractivity contribution in [3.8, 4) is 5.75 Å². The van der Waals surface area contributed by atoms with Gasteiger partial charge < -0.3 is 10.1 Å². The average molecular weight is 419 g/mol. The number of nitrogens with one attached hydrogen (secondary N) is 1. The largest absolute Gasteiger partial charge is 0.496 e. The number of methoxy groups -OCH3 is 1. The smallest absolute Gasteiger partial charge is 0.243 e. The molecule has 0 aliphatic heterocycles. The van der Waals surface area contributed by atoms with Gasteiger partial charge in [-0.15, -0.1) is 0 Å². The third-order valence-corrected chi connectivity index (χ3v) is 6.44. The number of rotatable bonds is 10. The van der Waals surface area contributed by atoms with Gasteiger partial charge in [-0.1, -0.05) is 43.7 Å². The van der Waals surface area contributed by atoms with Crippen molar-refractivity contribution in [1.29, 1.82) is 0 Å². The SMILES string of the molecule is CCC[C@@H](C)NC(=O)CN(Cc1ccccc1)S(=O)(=O)c1ccc(OC)c(C)c1. The third kappa shape index (κ3) is 6.30. The van der Waals surface area contributed by atoms with E-state index in [9.17, 15) is 13.2 Å². The number of amides is 1. The van der Waals surface area contributed by atoms with Crippen molar-refractivity contribution in [2.45, 2.75) is 51.1 Å². The fourth-order valence-electron chi connectivity index (χ4n) is 3.16. The summed E-state index contributed by atoms with van der Waals surface area (Å²) in [5.41, 5.74) is 1.53. The first-order valence-electron chi connectivity index (χ1n) is 9.76. The fraction of sp³-hybridized carbons (Fsp3) is 0.409. The lowest BCUT2D eigenvalue weighted by Gasteiger charge is -2.23. The standard InChI is InChI=1S/C22H30N2O4S/c1-5-9-18(3)23-22(25)16-24(15-19-10-7-6-8-11-19)29(26,27)20-12-13-21(28-4)17(2)14-20/h6-8,10-14,18H,5,9,15-16H2,1-4H3,(H,23,25)/t18-/m1/s1. The second-order valence-corrected chi connectivity index (χ2v) is 9.09. The highest BCUT2D eigenvalue weighted by atomic mass is 32.2. The molecule has 158 valence electrons. The Morgan fingerprint density at radius 2 is 1.86 bits per heavy atom. The number of carbonyl (C=O) groups is 1. The van der Waals surface area contributed by atoms with E-state index in [-0.39, 0.29) is 29.9 Å². The van der Waals surface area contributed by atoms with Crippen molar-refractivity contribution >= 4 is 15.9 Å². The summed E-state index contributed by atoms with van der Waals surface area (Å²) in [4.78, 5) is 12.7. The summed E-state index contributed by atoms with van der Waals surface area (Å²) < 4.78 is 33.1. The maximum atomic E-state index is 13.3. The lowest BCUT2D eigenvalue weighted by molar-refractivity contribution is -0.122. The topological polar surface area (TPSA) is 75.7 Å². The molecular weight excluding hydrogens is 388 g/mol. The van der Waals surface area contributed by atoms with E-state index in [1.165, 1.54) is 10.4 Å². The number of hydrogen-bond donors (Lipinski definition) is 1. The van der Waals surface area contributed by atoms with Gasteiger partial charge in [-0.3, -0.25) is 4.79 Å². The van der Waals surface area contributed by atoms with Crippen LogP contribution >= 0.6 is 0 Å². The van der Waals surface area contributed by atoms with E-state index < -0.39 is 10.0 Å². The Bertz CT molecular complexity index is 914. The molecule has 2 rings (SSSR count). The Hall–Kier alpha value is -2.38. The van der Waals surface area contributed by atoms with Crippen LogP contribution in [0.5, 0.6) is 5.75 Å². The van der Waals surface area contributed by atoms with Crippen molar-refractivity contribution in [3.63, 3.8) is 0 Å². The van der Waals surface area contributed by atoms with Gasteiger partial charge in [0, 0.05) is 12.6 Å². The highest BCUT2D eigenvalue weighted by molar-refractivity contribution is 7.89. The van der Waals surface area contributed by atoms with E-state index in [2.05, 4.69) is 5.32 Å². The molecular formula is C22H30N2O4S. The highest BCUT2D eigenvalue weighted by Crippen LogP contribution is 2.24. The molecule has 0 fully saturated rings. The summed E-state index contributed by atoms with van der Waals surface area (Å²) in [7, 11) is -2.33. The van der Waals surface area contributed by atoms with Crippen LogP contribution in [-0.2, 0) is 21.4 Å². The molecule has 0 heterocycles. The molecule has 0 saturated heterocycles. The van der Waals surface area contributed by atoms with E-state index >= 15 is 0 Å². The van der Waals surface area contributed by atoms with Gasteiger partial charge in [0.2, 0.25) is 15.9 Å². The molecule has 2 aromatic carbocycles. The van der Waals surface area contributed by atoms with Crippen LogP contribution < -0.4 is 10.1 Å². The molecule has 6 nitrogen and oxygen atoms in total. The van der Waals surface area contributed by atoms with Crippen LogP contribution in [0.2, 0.25) is 0 Å². The molecule has 1 N–H and O–H groups in total. The number of sulfonamides is 1. The lowest BCUT2D eigenvalue weighted by atomic mass is 10.2. The van der Waals surface area contributed by atoms with E-state index in [4.69, 9.17) is 4.74 Å². The Balaban J connectivity index is 2.32.